The Kier molecular flexibility index (Phi) is 5.43. The van der Waals surface area contributed by atoms with Gasteiger partial charge in [0, 0.05) is 29.0 Å². The van der Waals surface area contributed by atoms with Crippen LogP contribution in [0, 0.1) is 0 Å². The largest absolute Gasteiger partial charge is 0.333 e. The van der Waals surface area contributed by atoms with Crippen LogP contribution < -0.4 is 5.32 Å². The number of carbonyl (C=O) groups excluding carboxylic acids is 2. The SMILES string of the molecule is CC(C)(C)c1ccc(C(=O)Nc2nc3c(s2)CN(C(=O)c2ccccc2)CC3)cc1. The summed E-state index contributed by atoms with van der Waals surface area (Å²) >= 11 is 1.45. The molecule has 0 atom stereocenters. The third kappa shape index (κ3) is 4.28. The van der Waals surface area contributed by atoms with E-state index in [4.69, 9.17) is 0 Å². The van der Waals surface area contributed by atoms with Crippen molar-refractivity contribution in [1.29, 1.82) is 0 Å². The maximum absolute atomic E-state index is 12.7. The van der Waals surface area contributed by atoms with Crippen molar-refractivity contribution in [2.75, 3.05) is 11.9 Å². The Morgan fingerprint density at radius 2 is 1.70 bits per heavy atom. The summed E-state index contributed by atoms with van der Waals surface area (Å²) in [5.74, 6) is -0.141. The van der Waals surface area contributed by atoms with E-state index in [2.05, 4.69) is 31.1 Å². The van der Waals surface area contributed by atoms with Gasteiger partial charge in [0.2, 0.25) is 0 Å². The molecule has 154 valence electrons. The van der Waals surface area contributed by atoms with E-state index in [-0.39, 0.29) is 17.2 Å². The summed E-state index contributed by atoms with van der Waals surface area (Å²) in [5.41, 5.74) is 3.50. The Labute approximate surface area is 180 Å². The Morgan fingerprint density at radius 1 is 1.00 bits per heavy atom. The summed E-state index contributed by atoms with van der Waals surface area (Å²) in [7, 11) is 0. The highest BCUT2D eigenvalue weighted by Crippen LogP contribution is 2.29. The molecule has 0 unspecified atom stereocenters. The summed E-state index contributed by atoms with van der Waals surface area (Å²) in [4.78, 5) is 32.8. The molecule has 30 heavy (non-hydrogen) atoms. The lowest BCUT2D eigenvalue weighted by atomic mass is 9.87. The maximum Gasteiger partial charge on any atom is 0.257 e. The highest BCUT2D eigenvalue weighted by Gasteiger charge is 2.25. The molecule has 0 bridgehead atoms. The lowest BCUT2D eigenvalue weighted by molar-refractivity contribution is 0.0736. The average molecular weight is 420 g/mol. The first kappa shape index (κ1) is 20.3. The molecule has 0 aliphatic carbocycles. The van der Waals surface area contributed by atoms with Crippen molar-refractivity contribution in [3.8, 4) is 0 Å². The van der Waals surface area contributed by atoms with Crippen molar-refractivity contribution >= 4 is 28.3 Å². The van der Waals surface area contributed by atoms with Crippen LogP contribution in [0.2, 0.25) is 0 Å². The summed E-state index contributed by atoms with van der Waals surface area (Å²) in [6, 6.07) is 17.0. The molecule has 6 heteroatoms. The summed E-state index contributed by atoms with van der Waals surface area (Å²) in [6.45, 7) is 7.60. The van der Waals surface area contributed by atoms with Crippen LogP contribution in [0.15, 0.2) is 54.6 Å². The van der Waals surface area contributed by atoms with Crippen LogP contribution in [0.5, 0.6) is 0 Å². The minimum atomic E-state index is -0.168. The summed E-state index contributed by atoms with van der Waals surface area (Å²) < 4.78 is 0. The van der Waals surface area contributed by atoms with E-state index in [9.17, 15) is 9.59 Å². The van der Waals surface area contributed by atoms with Crippen LogP contribution in [-0.4, -0.2) is 28.2 Å². The number of nitrogens with zero attached hydrogens (tertiary/aromatic N) is 2. The van der Waals surface area contributed by atoms with E-state index in [1.807, 2.05) is 59.5 Å². The van der Waals surface area contributed by atoms with E-state index in [0.29, 0.717) is 35.8 Å². The normalized spacial score (nSPS) is 13.6. The highest BCUT2D eigenvalue weighted by atomic mass is 32.1. The van der Waals surface area contributed by atoms with Crippen molar-refractivity contribution in [2.45, 2.75) is 39.2 Å². The molecule has 0 spiro atoms. The molecule has 1 aromatic heterocycles. The lowest BCUT2D eigenvalue weighted by Gasteiger charge is -2.26. The minimum Gasteiger partial charge on any atom is -0.333 e. The number of hydrogen-bond acceptors (Lipinski definition) is 4. The third-order valence-electron chi connectivity index (χ3n) is 5.27. The molecular formula is C24H25N3O2S. The van der Waals surface area contributed by atoms with Gasteiger partial charge < -0.3 is 4.90 Å². The molecule has 0 saturated heterocycles. The molecule has 2 aromatic carbocycles. The van der Waals surface area contributed by atoms with Gasteiger partial charge in [-0.3, -0.25) is 14.9 Å². The monoisotopic (exact) mass is 419 g/mol. The van der Waals surface area contributed by atoms with E-state index in [1.165, 1.54) is 16.9 Å². The Hall–Kier alpha value is -2.99. The Bertz CT molecular complexity index is 1070. The zero-order valence-corrected chi connectivity index (χ0v) is 18.3. The van der Waals surface area contributed by atoms with Crippen LogP contribution >= 0.6 is 11.3 Å². The molecule has 1 N–H and O–H groups in total. The molecule has 4 rings (SSSR count). The predicted molar refractivity (Wildman–Crippen MR) is 120 cm³/mol. The van der Waals surface area contributed by atoms with Crippen LogP contribution in [0.4, 0.5) is 5.13 Å². The van der Waals surface area contributed by atoms with Gasteiger partial charge in [0.1, 0.15) is 0 Å². The van der Waals surface area contributed by atoms with Gasteiger partial charge in [-0.05, 0) is 35.2 Å². The number of hydrogen-bond donors (Lipinski definition) is 1. The second-order valence-corrected chi connectivity index (χ2v) is 9.60. The molecule has 2 amide bonds. The predicted octanol–water partition coefficient (Wildman–Crippen LogP) is 4.89. The summed E-state index contributed by atoms with van der Waals surface area (Å²) in [5, 5.41) is 3.50. The number of fused-ring (bicyclic) bond motifs is 1. The number of aromatic nitrogens is 1. The Morgan fingerprint density at radius 3 is 2.37 bits per heavy atom. The molecular weight excluding hydrogens is 394 g/mol. The van der Waals surface area contributed by atoms with Crippen molar-refractivity contribution in [3.05, 3.63) is 81.9 Å². The van der Waals surface area contributed by atoms with Gasteiger partial charge >= 0.3 is 0 Å². The van der Waals surface area contributed by atoms with Crippen LogP contribution in [-0.2, 0) is 18.4 Å². The second-order valence-electron chi connectivity index (χ2n) is 8.51. The number of carbonyl (C=O) groups is 2. The number of benzene rings is 2. The highest BCUT2D eigenvalue weighted by molar-refractivity contribution is 7.15. The van der Waals surface area contributed by atoms with Gasteiger partial charge in [-0.1, -0.05) is 62.4 Å². The molecule has 2 heterocycles. The summed E-state index contributed by atoms with van der Waals surface area (Å²) in [6.07, 6.45) is 0.695. The molecule has 0 saturated carbocycles. The van der Waals surface area contributed by atoms with Crippen molar-refractivity contribution in [2.24, 2.45) is 0 Å². The average Bonchev–Trinajstić information content (AvgIpc) is 3.14. The first-order valence-corrected chi connectivity index (χ1v) is 10.9. The smallest absolute Gasteiger partial charge is 0.257 e. The van der Waals surface area contributed by atoms with Gasteiger partial charge in [-0.2, -0.15) is 0 Å². The second kappa shape index (κ2) is 8.03. The number of amides is 2. The topological polar surface area (TPSA) is 62.3 Å². The first-order chi connectivity index (χ1) is 14.3. The molecule has 3 aromatic rings. The molecule has 5 nitrogen and oxygen atoms in total. The number of thiazole rings is 1. The van der Waals surface area contributed by atoms with E-state index >= 15 is 0 Å². The fraction of sp³-hybridized carbons (Fsp3) is 0.292. The van der Waals surface area contributed by atoms with Gasteiger partial charge in [0.15, 0.2) is 5.13 Å². The standard InChI is InChI=1S/C24H25N3O2S/c1-24(2,3)18-11-9-16(10-12-18)21(28)26-23-25-19-13-14-27(15-20(19)30-23)22(29)17-7-5-4-6-8-17/h4-12H,13-15H2,1-3H3,(H,25,26,28). The third-order valence-corrected chi connectivity index (χ3v) is 6.27. The zero-order chi connectivity index (χ0) is 21.3. The first-order valence-electron chi connectivity index (χ1n) is 10.1. The van der Waals surface area contributed by atoms with Gasteiger partial charge in [0.25, 0.3) is 11.8 Å². The van der Waals surface area contributed by atoms with E-state index in [0.717, 1.165) is 10.6 Å². The number of anilines is 1. The molecule has 0 radical (unpaired) electrons. The van der Waals surface area contributed by atoms with Gasteiger partial charge in [-0.25, -0.2) is 4.98 Å². The minimum absolute atomic E-state index is 0.0270. The van der Waals surface area contributed by atoms with Crippen molar-refractivity contribution in [3.63, 3.8) is 0 Å². The maximum atomic E-state index is 12.7. The number of nitrogens with one attached hydrogen (secondary N) is 1. The van der Waals surface area contributed by atoms with Crippen LogP contribution in [0.1, 0.15) is 57.6 Å². The lowest BCUT2D eigenvalue weighted by Crippen LogP contribution is -2.35. The van der Waals surface area contributed by atoms with Gasteiger partial charge in [0.05, 0.1) is 12.2 Å². The zero-order valence-electron chi connectivity index (χ0n) is 17.4. The molecule has 1 aliphatic heterocycles. The fourth-order valence-electron chi connectivity index (χ4n) is 3.48. The van der Waals surface area contributed by atoms with E-state index < -0.39 is 0 Å². The van der Waals surface area contributed by atoms with Crippen LogP contribution in [0.3, 0.4) is 0 Å². The molecule has 0 fully saturated rings. The van der Waals surface area contributed by atoms with Gasteiger partial charge in [-0.15, -0.1) is 0 Å². The van der Waals surface area contributed by atoms with E-state index in [1.54, 1.807) is 0 Å². The van der Waals surface area contributed by atoms with Crippen LogP contribution in [0.25, 0.3) is 0 Å². The number of rotatable bonds is 3. The Balaban J connectivity index is 1.44. The molecule has 1 aliphatic rings. The van der Waals surface area contributed by atoms with Crippen molar-refractivity contribution in [1.82, 2.24) is 9.88 Å². The van der Waals surface area contributed by atoms with Crippen molar-refractivity contribution < 1.29 is 9.59 Å². The quantitative estimate of drug-likeness (QED) is 0.657. The fourth-order valence-corrected chi connectivity index (χ4v) is 4.50.